The Balaban J connectivity index is 2.04. The van der Waals surface area contributed by atoms with E-state index in [9.17, 15) is 0 Å². The van der Waals surface area contributed by atoms with E-state index in [4.69, 9.17) is 4.42 Å². The van der Waals surface area contributed by atoms with Crippen LogP contribution in [0.15, 0.2) is 21.2 Å². The smallest absolute Gasteiger partial charge is 0.213 e. The molecular formula is C12H14BrN3O. The van der Waals surface area contributed by atoms with E-state index in [1.807, 2.05) is 26.8 Å². The van der Waals surface area contributed by atoms with Gasteiger partial charge in [0.2, 0.25) is 5.89 Å². The highest BCUT2D eigenvalue weighted by molar-refractivity contribution is 9.10. The third kappa shape index (κ3) is 2.85. The topological polar surface area (TPSA) is 51.0 Å². The minimum absolute atomic E-state index is 0.544. The van der Waals surface area contributed by atoms with Crippen LogP contribution in [0.1, 0.15) is 22.9 Å². The largest absolute Gasteiger partial charge is 0.444 e. The van der Waals surface area contributed by atoms with E-state index in [1.165, 1.54) is 0 Å². The van der Waals surface area contributed by atoms with Crippen molar-refractivity contribution in [3.8, 4) is 0 Å². The number of hydrogen-bond acceptors (Lipinski definition) is 4. The van der Waals surface area contributed by atoms with Crippen LogP contribution < -0.4 is 5.32 Å². The number of rotatable bonds is 3. The fraction of sp³-hybridized carbons (Fsp3) is 0.333. The molecule has 2 aromatic heterocycles. The van der Waals surface area contributed by atoms with Gasteiger partial charge in [0.15, 0.2) is 0 Å². The number of anilines is 1. The second-order valence-electron chi connectivity index (χ2n) is 3.92. The van der Waals surface area contributed by atoms with Gasteiger partial charge >= 0.3 is 0 Å². The predicted molar refractivity (Wildman–Crippen MR) is 70.0 cm³/mol. The second-order valence-corrected chi connectivity index (χ2v) is 4.78. The van der Waals surface area contributed by atoms with Gasteiger partial charge in [0, 0.05) is 10.7 Å². The van der Waals surface area contributed by atoms with Crippen LogP contribution in [-0.2, 0) is 6.54 Å². The van der Waals surface area contributed by atoms with Crippen molar-refractivity contribution in [1.29, 1.82) is 0 Å². The summed E-state index contributed by atoms with van der Waals surface area (Å²) in [6.45, 7) is 6.41. The molecule has 2 rings (SSSR count). The minimum Gasteiger partial charge on any atom is -0.444 e. The molecule has 17 heavy (non-hydrogen) atoms. The Labute approximate surface area is 109 Å². The first-order valence-electron chi connectivity index (χ1n) is 5.35. The van der Waals surface area contributed by atoms with Crippen molar-refractivity contribution in [3.05, 3.63) is 39.6 Å². The van der Waals surface area contributed by atoms with Crippen molar-refractivity contribution < 1.29 is 4.42 Å². The van der Waals surface area contributed by atoms with Gasteiger partial charge in [-0.2, -0.15) is 0 Å². The van der Waals surface area contributed by atoms with Gasteiger partial charge < -0.3 is 9.73 Å². The van der Waals surface area contributed by atoms with Crippen molar-refractivity contribution in [2.45, 2.75) is 27.3 Å². The first-order chi connectivity index (χ1) is 8.06. The van der Waals surface area contributed by atoms with E-state index < -0.39 is 0 Å². The van der Waals surface area contributed by atoms with Crippen LogP contribution in [-0.4, -0.2) is 9.97 Å². The number of oxazole rings is 1. The molecule has 1 N–H and O–H groups in total. The Hall–Kier alpha value is -1.36. The molecule has 0 atom stereocenters. The Kier molecular flexibility index (Phi) is 3.47. The van der Waals surface area contributed by atoms with E-state index in [1.54, 1.807) is 6.20 Å². The molecule has 0 spiro atoms. The third-order valence-corrected chi connectivity index (χ3v) is 3.37. The van der Waals surface area contributed by atoms with Crippen LogP contribution in [0.4, 0.5) is 5.82 Å². The summed E-state index contributed by atoms with van der Waals surface area (Å²) in [4.78, 5) is 8.56. The molecule has 0 fully saturated rings. The fourth-order valence-corrected chi connectivity index (χ4v) is 1.63. The standard InChI is InChI=1S/C12H14BrN3O/c1-7-4-11(14-5-10(7)13)15-6-12-16-8(2)9(3)17-12/h4-5H,6H2,1-3H3,(H,14,15). The number of aryl methyl sites for hydroxylation is 3. The van der Waals surface area contributed by atoms with Gasteiger partial charge in [-0.05, 0) is 48.3 Å². The minimum atomic E-state index is 0.544. The van der Waals surface area contributed by atoms with Crippen LogP contribution in [0.3, 0.4) is 0 Å². The maximum Gasteiger partial charge on any atom is 0.213 e. The Morgan fingerprint density at radius 1 is 1.35 bits per heavy atom. The zero-order valence-corrected chi connectivity index (χ0v) is 11.6. The molecule has 0 aromatic carbocycles. The van der Waals surface area contributed by atoms with E-state index in [0.29, 0.717) is 12.4 Å². The number of hydrogen-bond donors (Lipinski definition) is 1. The molecule has 4 nitrogen and oxygen atoms in total. The van der Waals surface area contributed by atoms with Crippen molar-refractivity contribution in [1.82, 2.24) is 9.97 Å². The van der Waals surface area contributed by atoms with Gasteiger partial charge in [0.05, 0.1) is 12.2 Å². The maximum absolute atomic E-state index is 5.48. The van der Waals surface area contributed by atoms with Gasteiger partial charge in [-0.3, -0.25) is 0 Å². The molecule has 0 radical (unpaired) electrons. The molecule has 5 heteroatoms. The van der Waals surface area contributed by atoms with Gasteiger partial charge in [-0.1, -0.05) is 0 Å². The molecule has 2 heterocycles. The van der Waals surface area contributed by atoms with Crippen molar-refractivity contribution in [2.75, 3.05) is 5.32 Å². The number of nitrogens with one attached hydrogen (secondary N) is 1. The molecule has 0 aliphatic heterocycles. The van der Waals surface area contributed by atoms with E-state index in [-0.39, 0.29) is 0 Å². The molecule has 2 aromatic rings. The molecule has 0 amide bonds. The van der Waals surface area contributed by atoms with Crippen LogP contribution >= 0.6 is 15.9 Å². The Bertz CT molecular complexity index is 517. The summed E-state index contributed by atoms with van der Waals surface area (Å²) in [7, 11) is 0. The van der Waals surface area contributed by atoms with Crippen molar-refractivity contribution >= 4 is 21.7 Å². The fourth-order valence-electron chi connectivity index (χ4n) is 1.42. The summed E-state index contributed by atoms with van der Waals surface area (Å²) in [6.07, 6.45) is 1.78. The van der Waals surface area contributed by atoms with Crippen LogP contribution in [0.25, 0.3) is 0 Å². The zero-order chi connectivity index (χ0) is 12.4. The van der Waals surface area contributed by atoms with Gasteiger partial charge in [0.25, 0.3) is 0 Å². The number of nitrogens with zero attached hydrogens (tertiary/aromatic N) is 2. The molecule has 0 saturated carbocycles. The highest BCUT2D eigenvalue weighted by Crippen LogP contribution is 2.18. The first-order valence-corrected chi connectivity index (χ1v) is 6.14. The Morgan fingerprint density at radius 3 is 2.71 bits per heavy atom. The van der Waals surface area contributed by atoms with Crippen molar-refractivity contribution in [3.63, 3.8) is 0 Å². The summed E-state index contributed by atoms with van der Waals surface area (Å²) in [5, 5.41) is 3.18. The average molecular weight is 296 g/mol. The van der Waals surface area contributed by atoms with E-state index >= 15 is 0 Å². The molecule has 0 bridgehead atoms. The Morgan fingerprint density at radius 2 is 2.12 bits per heavy atom. The number of pyridine rings is 1. The molecule has 0 aliphatic carbocycles. The van der Waals surface area contributed by atoms with Crippen LogP contribution in [0.5, 0.6) is 0 Å². The third-order valence-electron chi connectivity index (χ3n) is 2.54. The highest BCUT2D eigenvalue weighted by atomic mass is 79.9. The highest BCUT2D eigenvalue weighted by Gasteiger charge is 2.05. The maximum atomic E-state index is 5.48. The van der Waals surface area contributed by atoms with Crippen LogP contribution in [0, 0.1) is 20.8 Å². The average Bonchev–Trinajstić information content (AvgIpc) is 2.60. The summed E-state index contributed by atoms with van der Waals surface area (Å²) in [5.41, 5.74) is 2.07. The van der Waals surface area contributed by atoms with Gasteiger partial charge in [-0.25, -0.2) is 9.97 Å². The lowest BCUT2D eigenvalue weighted by Crippen LogP contribution is -2.02. The zero-order valence-electron chi connectivity index (χ0n) is 10.0. The number of halogens is 1. The van der Waals surface area contributed by atoms with E-state index in [2.05, 4.69) is 31.2 Å². The first kappa shape index (κ1) is 12.1. The summed E-state index contributed by atoms with van der Waals surface area (Å²) < 4.78 is 6.48. The summed E-state index contributed by atoms with van der Waals surface area (Å²) >= 11 is 3.42. The molecule has 0 unspecified atom stereocenters. The van der Waals surface area contributed by atoms with Gasteiger partial charge in [0.1, 0.15) is 11.6 Å². The quantitative estimate of drug-likeness (QED) is 0.943. The van der Waals surface area contributed by atoms with E-state index in [0.717, 1.165) is 27.3 Å². The molecule has 0 saturated heterocycles. The summed E-state index contributed by atoms with van der Waals surface area (Å²) in [5.74, 6) is 2.36. The van der Waals surface area contributed by atoms with Crippen LogP contribution in [0.2, 0.25) is 0 Å². The predicted octanol–water partition coefficient (Wildman–Crippen LogP) is 3.37. The lowest BCUT2D eigenvalue weighted by atomic mass is 10.3. The van der Waals surface area contributed by atoms with Crippen molar-refractivity contribution in [2.24, 2.45) is 0 Å². The summed E-state index contributed by atoms with van der Waals surface area (Å²) in [6, 6.07) is 1.98. The molecular weight excluding hydrogens is 282 g/mol. The van der Waals surface area contributed by atoms with Gasteiger partial charge in [-0.15, -0.1) is 0 Å². The number of aromatic nitrogens is 2. The molecule has 90 valence electrons. The molecule has 0 aliphatic rings. The SMILES string of the molecule is Cc1cc(NCc2nc(C)c(C)o2)ncc1Br. The monoisotopic (exact) mass is 295 g/mol. The lowest BCUT2D eigenvalue weighted by Gasteiger charge is -2.04. The second kappa shape index (κ2) is 4.87. The normalized spacial score (nSPS) is 10.6. The lowest BCUT2D eigenvalue weighted by molar-refractivity contribution is 0.478.